The fourth-order valence-electron chi connectivity index (χ4n) is 2.87. The van der Waals surface area contributed by atoms with Gasteiger partial charge in [0.15, 0.2) is 0 Å². The van der Waals surface area contributed by atoms with Gasteiger partial charge in [0, 0.05) is 24.3 Å². The third-order valence-corrected chi connectivity index (χ3v) is 3.82. The van der Waals surface area contributed by atoms with Crippen LogP contribution in [0.4, 0.5) is 10.5 Å². The number of cyclic esters (lactones) is 1. The molecule has 2 amide bonds. The number of hydrogen-bond acceptors (Lipinski definition) is 4. The van der Waals surface area contributed by atoms with Crippen LogP contribution in [0.3, 0.4) is 0 Å². The van der Waals surface area contributed by atoms with Gasteiger partial charge in [-0.25, -0.2) is 4.79 Å². The molecule has 0 aliphatic carbocycles. The van der Waals surface area contributed by atoms with E-state index in [9.17, 15) is 9.59 Å². The Morgan fingerprint density at radius 1 is 1.35 bits per heavy atom. The molecular formula is C14H17N3O3. The van der Waals surface area contributed by atoms with E-state index in [2.05, 4.69) is 0 Å². The van der Waals surface area contributed by atoms with Crippen molar-refractivity contribution in [3.63, 3.8) is 0 Å². The van der Waals surface area contributed by atoms with Crippen molar-refractivity contribution in [2.45, 2.75) is 19.1 Å². The highest BCUT2D eigenvalue weighted by Crippen LogP contribution is 2.40. The zero-order valence-corrected chi connectivity index (χ0v) is 11.3. The van der Waals surface area contributed by atoms with Crippen LogP contribution >= 0.6 is 0 Å². The quantitative estimate of drug-likeness (QED) is 0.888. The van der Waals surface area contributed by atoms with Gasteiger partial charge in [-0.1, -0.05) is 18.2 Å². The Hall–Kier alpha value is -2.08. The number of nitrogens with zero attached hydrogens (tertiary/aromatic N) is 2. The van der Waals surface area contributed by atoms with Crippen LogP contribution in [0.1, 0.15) is 18.5 Å². The summed E-state index contributed by atoms with van der Waals surface area (Å²) in [6.45, 7) is 3.12. The van der Waals surface area contributed by atoms with E-state index in [4.69, 9.17) is 10.5 Å². The average Bonchev–Trinajstić information content (AvgIpc) is 2.95. The summed E-state index contributed by atoms with van der Waals surface area (Å²) < 4.78 is 5.16. The molecule has 0 spiro atoms. The molecule has 1 aromatic rings. The maximum absolute atomic E-state index is 12.6. The summed E-state index contributed by atoms with van der Waals surface area (Å²) in [7, 11) is 0. The second-order valence-corrected chi connectivity index (χ2v) is 4.94. The Morgan fingerprint density at radius 2 is 2.10 bits per heavy atom. The maximum atomic E-state index is 12.6. The number of anilines is 1. The van der Waals surface area contributed by atoms with Crippen molar-refractivity contribution in [1.82, 2.24) is 4.90 Å². The molecular weight excluding hydrogens is 258 g/mol. The third-order valence-electron chi connectivity index (χ3n) is 3.82. The van der Waals surface area contributed by atoms with Gasteiger partial charge in [0.1, 0.15) is 12.1 Å². The zero-order valence-electron chi connectivity index (χ0n) is 11.3. The highest BCUT2D eigenvalue weighted by Gasteiger charge is 2.46. The number of para-hydroxylation sites is 1. The smallest absolute Gasteiger partial charge is 0.411 e. The molecule has 0 radical (unpaired) electrons. The lowest BCUT2D eigenvalue weighted by Gasteiger charge is -2.21. The molecule has 2 heterocycles. The molecule has 1 fully saturated rings. The molecule has 3 rings (SSSR count). The number of fused-ring (bicyclic) bond motifs is 1. The van der Waals surface area contributed by atoms with Crippen LogP contribution in [-0.2, 0) is 9.53 Å². The SMILES string of the molecule is CCN1C(=O)C(N2CC(CN)OC2=O)c2ccccc21. The molecule has 6 nitrogen and oxygen atoms in total. The first-order chi connectivity index (χ1) is 9.67. The van der Waals surface area contributed by atoms with Crippen LogP contribution in [0.2, 0.25) is 0 Å². The van der Waals surface area contributed by atoms with Gasteiger partial charge < -0.3 is 15.4 Å². The molecule has 0 saturated carbocycles. The maximum Gasteiger partial charge on any atom is 0.411 e. The van der Waals surface area contributed by atoms with E-state index in [0.717, 1.165) is 11.3 Å². The van der Waals surface area contributed by atoms with Crippen molar-refractivity contribution in [2.24, 2.45) is 5.73 Å². The zero-order chi connectivity index (χ0) is 14.3. The monoisotopic (exact) mass is 275 g/mol. The van der Waals surface area contributed by atoms with Gasteiger partial charge in [0.05, 0.1) is 6.54 Å². The van der Waals surface area contributed by atoms with E-state index in [1.165, 1.54) is 4.90 Å². The van der Waals surface area contributed by atoms with Crippen LogP contribution < -0.4 is 10.6 Å². The molecule has 1 saturated heterocycles. The highest BCUT2D eigenvalue weighted by molar-refractivity contribution is 6.05. The molecule has 2 aliphatic heterocycles. The van der Waals surface area contributed by atoms with Crippen molar-refractivity contribution < 1.29 is 14.3 Å². The standard InChI is InChI=1S/C14H17N3O3/c1-2-16-11-6-4-3-5-10(11)12(13(16)18)17-8-9(7-15)20-14(17)19/h3-6,9,12H,2,7-8,15H2,1H3. The van der Waals surface area contributed by atoms with Crippen molar-refractivity contribution in [2.75, 3.05) is 24.5 Å². The summed E-state index contributed by atoms with van der Waals surface area (Å²) in [5, 5.41) is 0. The van der Waals surface area contributed by atoms with Crippen LogP contribution in [0.25, 0.3) is 0 Å². The highest BCUT2D eigenvalue weighted by atomic mass is 16.6. The topological polar surface area (TPSA) is 75.9 Å². The number of amides is 2. The fraction of sp³-hybridized carbons (Fsp3) is 0.429. The van der Waals surface area contributed by atoms with Gasteiger partial charge in [0.2, 0.25) is 0 Å². The lowest BCUT2D eigenvalue weighted by atomic mass is 10.1. The Labute approximate surface area is 117 Å². The Morgan fingerprint density at radius 3 is 2.75 bits per heavy atom. The van der Waals surface area contributed by atoms with Crippen LogP contribution in [0.15, 0.2) is 24.3 Å². The Balaban J connectivity index is 1.98. The van der Waals surface area contributed by atoms with Crippen molar-refractivity contribution in [1.29, 1.82) is 0 Å². The number of nitrogens with two attached hydrogens (primary N) is 1. The lowest BCUT2D eigenvalue weighted by molar-refractivity contribution is -0.122. The first-order valence-corrected chi connectivity index (χ1v) is 6.75. The average molecular weight is 275 g/mol. The molecule has 2 aliphatic rings. The molecule has 2 N–H and O–H groups in total. The summed E-state index contributed by atoms with van der Waals surface area (Å²) in [5.74, 6) is -0.0803. The minimum atomic E-state index is -0.588. The lowest BCUT2D eigenvalue weighted by Crippen LogP contribution is -2.38. The molecule has 2 unspecified atom stereocenters. The molecule has 20 heavy (non-hydrogen) atoms. The number of carbonyl (C=O) groups excluding carboxylic acids is 2. The van der Waals surface area contributed by atoms with Gasteiger partial charge in [-0.3, -0.25) is 9.69 Å². The predicted molar refractivity (Wildman–Crippen MR) is 73.2 cm³/mol. The summed E-state index contributed by atoms with van der Waals surface area (Å²) in [5.41, 5.74) is 7.27. The largest absolute Gasteiger partial charge is 0.443 e. The number of rotatable bonds is 3. The van der Waals surface area contributed by atoms with E-state index in [-0.39, 0.29) is 18.6 Å². The van der Waals surface area contributed by atoms with Crippen LogP contribution in [0, 0.1) is 0 Å². The predicted octanol–water partition coefficient (Wildman–Crippen LogP) is 0.874. The second-order valence-electron chi connectivity index (χ2n) is 4.94. The second kappa shape index (κ2) is 4.79. The van der Waals surface area contributed by atoms with E-state index < -0.39 is 12.1 Å². The first kappa shape index (κ1) is 12.9. The molecule has 0 bridgehead atoms. The number of hydrogen-bond donors (Lipinski definition) is 1. The van der Waals surface area contributed by atoms with Crippen molar-refractivity contribution >= 4 is 17.7 Å². The Kier molecular flexibility index (Phi) is 3.10. The van der Waals surface area contributed by atoms with Gasteiger partial charge in [-0.15, -0.1) is 0 Å². The van der Waals surface area contributed by atoms with Crippen LogP contribution in [0.5, 0.6) is 0 Å². The van der Waals surface area contributed by atoms with Crippen LogP contribution in [-0.4, -0.2) is 42.6 Å². The van der Waals surface area contributed by atoms with E-state index in [0.29, 0.717) is 13.1 Å². The summed E-state index contributed by atoms with van der Waals surface area (Å²) in [6.07, 6.45) is -0.801. The molecule has 6 heteroatoms. The minimum Gasteiger partial charge on any atom is -0.443 e. The summed E-state index contributed by atoms with van der Waals surface area (Å²) >= 11 is 0. The third kappa shape index (κ3) is 1.76. The van der Waals surface area contributed by atoms with Gasteiger partial charge in [-0.2, -0.15) is 0 Å². The number of ether oxygens (including phenoxy) is 1. The molecule has 0 aromatic heterocycles. The minimum absolute atomic E-state index is 0.0803. The molecule has 1 aromatic carbocycles. The van der Waals surface area contributed by atoms with E-state index >= 15 is 0 Å². The summed E-state index contributed by atoms with van der Waals surface area (Å²) in [6, 6.07) is 6.97. The molecule has 2 atom stereocenters. The van der Waals surface area contributed by atoms with Gasteiger partial charge >= 0.3 is 6.09 Å². The number of likely N-dealkylation sites (N-methyl/N-ethyl adjacent to an activating group) is 1. The summed E-state index contributed by atoms with van der Waals surface area (Å²) in [4.78, 5) is 27.7. The normalized spacial score (nSPS) is 25.1. The molecule has 106 valence electrons. The first-order valence-electron chi connectivity index (χ1n) is 6.75. The van der Waals surface area contributed by atoms with E-state index in [1.54, 1.807) is 4.90 Å². The number of carbonyl (C=O) groups is 2. The van der Waals surface area contributed by atoms with Gasteiger partial charge in [0.25, 0.3) is 5.91 Å². The van der Waals surface area contributed by atoms with Gasteiger partial charge in [-0.05, 0) is 13.0 Å². The van der Waals surface area contributed by atoms with Crippen molar-refractivity contribution in [3.8, 4) is 0 Å². The van der Waals surface area contributed by atoms with E-state index in [1.807, 2.05) is 31.2 Å². The number of benzene rings is 1. The fourth-order valence-corrected chi connectivity index (χ4v) is 2.87. The Bertz CT molecular complexity index is 560. The van der Waals surface area contributed by atoms with Crippen molar-refractivity contribution in [3.05, 3.63) is 29.8 Å².